The highest BCUT2D eigenvalue weighted by molar-refractivity contribution is 7.99. The Labute approximate surface area is 117 Å². The second kappa shape index (κ2) is 6.54. The highest BCUT2D eigenvalue weighted by Gasteiger charge is 2.08. The first kappa shape index (κ1) is 13.8. The molecule has 1 aromatic heterocycles. The lowest BCUT2D eigenvalue weighted by Crippen LogP contribution is -2.13. The number of ether oxygens (including phenoxy) is 1. The number of nitrogens with zero attached hydrogens (tertiary/aromatic N) is 2. The van der Waals surface area contributed by atoms with Crippen molar-refractivity contribution in [3.05, 3.63) is 47.8 Å². The molecule has 4 nitrogen and oxygen atoms in total. The molecule has 0 radical (unpaired) electrons. The zero-order chi connectivity index (χ0) is 13.7. The molecule has 2 aromatic rings. The molecular weight excluding hydrogens is 258 g/mol. The van der Waals surface area contributed by atoms with Crippen LogP contribution in [0.2, 0.25) is 0 Å². The molecule has 19 heavy (non-hydrogen) atoms. The van der Waals surface area contributed by atoms with Gasteiger partial charge in [0.1, 0.15) is 5.75 Å². The monoisotopic (exact) mass is 275 g/mol. The summed E-state index contributed by atoms with van der Waals surface area (Å²) in [5, 5.41) is 0.768. The minimum Gasteiger partial charge on any atom is -0.497 e. The van der Waals surface area contributed by atoms with Crippen LogP contribution in [0.25, 0.3) is 0 Å². The Balaban J connectivity index is 1.95. The summed E-state index contributed by atoms with van der Waals surface area (Å²) in [6.45, 7) is 1.95. The lowest BCUT2D eigenvalue weighted by atomic mass is 10.1. The molecule has 1 aromatic carbocycles. The highest BCUT2D eigenvalue weighted by atomic mass is 32.2. The molecule has 2 N–H and O–H groups in total. The molecule has 1 heterocycles. The van der Waals surface area contributed by atoms with E-state index in [1.807, 2.05) is 37.3 Å². The minimum atomic E-state index is -0.0416. The van der Waals surface area contributed by atoms with Gasteiger partial charge < -0.3 is 10.5 Å². The second-order valence-corrected chi connectivity index (χ2v) is 5.16. The molecule has 2 rings (SSSR count). The fourth-order valence-electron chi connectivity index (χ4n) is 1.61. The largest absolute Gasteiger partial charge is 0.497 e. The Morgan fingerprint density at radius 2 is 2.00 bits per heavy atom. The van der Waals surface area contributed by atoms with Crippen molar-refractivity contribution in [1.82, 2.24) is 9.97 Å². The Kier molecular flexibility index (Phi) is 4.76. The summed E-state index contributed by atoms with van der Waals surface area (Å²) in [6, 6.07) is 9.65. The van der Waals surface area contributed by atoms with Gasteiger partial charge in [0.15, 0.2) is 5.16 Å². The zero-order valence-electron chi connectivity index (χ0n) is 11.0. The Morgan fingerprint density at radius 3 is 2.63 bits per heavy atom. The third kappa shape index (κ3) is 3.94. The van der Waals surface area contributed by atoms with Crippen LogP contribution in [0.5, 0.6) is 5.75 Å². The second-order valence-electron chi connectivity index (χ2n) is 4.17. The van der Waals surface area contributed by atoms with Gasteiger partial charge in [-0.15, -0.1) is 0 Å². The molecule has 100 valence electrons. The molecule has 0 amide bonds. The van der Waals surface area contributed by atoms with E-state index >= 15 is 0 Å². The topological polar surface area (TPSA) is 61.0 Å². The lowest BCUT2D eigenvalue weighted by molar-refractivity contribution is 0.414. The fourth-order valence-corrected chi connectivity index (χ4v) is 2.47. The molecule has 0 spiro atoms. The summed E-state index contributed by atoms with van der Waals surface area (Å²) in [7, 11) is 1.65. The Bertz CT molecular complexity index is 530. The number of thioether (sulfide) groups is 1. The van der Waals surface area contributed by atoms with Gasteiger partial charge >= 0.3 is 0 Å². The maximum atomic E-state index is 6.16. The molecule has 5 heteroatoms. The molecule has 0 saturated heterocycles. The van der Waals surface area contributed by atoms with Crippen molar-refractivity contribution in [2.75, 3.05) is 12.9 Å². The van der Waals surface area contributed by atoms with Gasteiger partial charge in [-0.2, -0.15) is 0 Å². The van der Waals surface area contributed by atoms with Gasteiger partial charge in [0.2, 0.25) is 0 Å². The van der Waals surface area contributed by atoms with Gasteiger partial charge in [0.05, 0.1) is 7.11 Å². The van der Waals surface area contributed by atoms with E-state index in [1.165, 1.54) is 0 Å². The van der Waals surface area contributed by atoms with Crippen LogP contribution in [0, 0.1) is 6.92 Å². The Morgan fingerprint density at radius 1 is 1.26 bits per heavy atom. The number of methoxy groups -OCH3 is 1. The quantitative estimate of drug-likeness (QED) is 0.671. The van der Waals surface area contributed by atoms with Crippen molar-refractivity contribution in [3.63, 3.8) is 0 Å². The van der Waals surface area contributed by atoms with E-state index in [0.29, 0.717) is 0 Å². The molecule has 0 aliphatic carbocycles. The number of benzene rings is 1. The van der Waals surface area contributed by atoms with Gasteiger partial charge in [-0.05, 0) is 30.7 Å². The van der Waals surface area contributed by atoms with Crippen LogP contribution in [-0.2, 0) is 0 Å². The third-order valence-corrected chi connectivity index (χ3v) is 3.69. The predicted molar refractivity (Wildman–Crippen MR) is 77.4 cm³/mol. The lowest BCUT2D eigenvalue weighted by Gasteiger charge is -2.11. The summed E-state index contributed by atoms with van der Waals surface area (Å²) in [4.78, 5) is 8.55. The van der Waals surface area contributed by atoms with Crippen molar-refractivity contribution < 1.29 is 4.74 Å². The maximum absolute atomic E-state index is 6.16. The van der Waals surface area contributed by atoms with Gasteiger partial charge in [0.25, 0.3) is 0 Å². The molecule has 0 saturated carbocycles. The smallest absolute Gasteiger partial charge is 0.187 e. The molecule has 0 aliphatic rings. The van der Waals surface area contributed by atoms with Crippen LogP contribution in [0.1, 0.15) is 17.3 Å². The number of hydrogen-bond donors (Lipinski definition) is 1. The van der Waals surface area contributed by atoms with E-state index in [0.717, 1.165) is 27.9 Å². The molecule has 1 atom stereocenters. The van der Waals surface area contributed by atoms with E-state index in [9.17, 15) is 0 Å². The van der Waals surface area contributed by atoms with Crippen LogP contribution in [-0.4, -0.2) is 22.8 Å². The number of hydrogen-bond acceptors (Lipinski definition) is 5. The van der Waals surface area contributed by atoms with Crippen molar-refractivity contribution in [2.45, 2.75) is 18.1 Å². The molecular formula is C14H17N3OS. The van der Waals surface area contributed by atoms with Crippen LogP contribution >= 0.6 is 11.8 Å². The Hall–Kier alpha value is -1.59. The van der Waals surface area contributed by atoms with E-state index in [2.05, 4.69) is 9.97 Å². The number of aromatic nitrogens is 2. The summed E-state index contributed by atoms with van der Waals surface area (Å²) in [6.07, 6.45) is 1.77. The fraction of sp³-hybridized carbons (Fsp3) is 0.286. The van der Waals surface area contributed by atoms with Crippen LogP contribution in [0.15, 0.2) is 41.7 Å². The number of rotatable bonds is 5. The van der Waals surface area contributed by atoms with E-state index < -0.39 is 0 Å². The van der Waals surface area contributed by atoms with E-state index in [1.54, 1.807) is 25.1 Å². The first-order valence-corrected chi connectivity index (χ1v) is 6.99. The average molecular weight is 275 g/mol. The SMILES string of the molecule is COc1ccc(C(N)CSc2nccc(C)n2)cc1. The first-order valence-electron chi connectivity index (χ1n) is 6.01. The number of nitrogens with two attached hydrogens (primary N) is 1. The summed E-state index contributed by atoms with van der Waals surface area (Å²) >= 11 is 1.57. The van der Waals surface area contributed by atoms with Gasteiger partial charge in [-0.1, -0.05) is 23.9 Å². The molecule has 1 unspecified atom stereocenters. The highest BCUT2D eigenvalue weighted by Crippen LogP contribution is 2.22. The van der Waals surface area contributed by atoms with E-state index in [-0.39, 0.29) is 6.04 Å². The van der Waals surface area contributed by atoms with Crippen LogP contribution < -0.4 is 10.5 Å². The van der Waals surface area contributed by atoms with Crippen molar-refractivity contribution in [3.8, 4) is 5.75 Å². The van der Waals surface area contributed by atoms with Crippen molar-refractivity contribution in [1.29, 1.82) is 0 Å². The standard InChI is InChI=1S/C14H17N3OS/c1-10-7-8-16-14(17-10)19-9-13(15)11-3-5-12(18-2)6-4-11/h3-8,13H,9,15H2,1-2H3. The number of aryl methyl sites for hydroxylation is 1. The molecule has 0 bridgehead atoms. The molecule has 0 aliphatic heterocycles. The van der Waals surface area contributed by atoms with Crippen LogP contribution in [0.3, 0.4) is 0 Å². The van der Waals surface area contributed by atoms with Crippen molar-refractivity contribution in [2.24, 2.45) is 5.73 Å². The minimum absolute atomic E-state index is 0.0416. The van der Waals surface area contributed by atoms with E-state index in [4.69, 9.17) is 10.5 Å². The summed E-state index contributed by atoms with van der Waals surface area (Å²) < 4.78 is 5.13. The summed E-state index contributed by atoms with van der Waals surface area (Å²) in [5.74, 6) is 1.58. The normalized spacial score (nSPS) is 12.2. The third-order valence-electron chi connectivity index (χ3n) is 2.71. The summed E-state index contributed by atoms with van der Waals surface area (Å²) in [5.41, 5.74) is 8.21. The van der Waals surface area contributed by atoms with Gasteiger partial charge in [0, 0.05) is 23.7 Å². The van der Waals surface area contributed by atoms with Gasteiger partial charge in [-0.3, -0.25) is 0 Å². The predicted octanol–water partition coefficient (Wildman–Crippen LogP) is 2.59. The van der Waals surface area contributed by atoms with Gasteiger partial charge in [-0.25, -0.2) is 9.97 Å². The maximum Gasteiger partial charge on any atom is 0.187 e. The van der Waals surface area contributed by atoms with Crippen molar-refractivity contribution >= 4 is 11.8 Å². The van der Waals surface area contributed by atoms with Crippen LogP contribution in [0.4, 0.5) is 0 Å². The zero-order valence-corrected chi connectivity index (χ0v) is 11.9. The average Bonchev–Trinajstić information content (AvgIpc) is 2.45. The first-order chi connectivity index (χ1) is 9.19. The molecule has 0 fully saturated rings.